The summed E-state index contributed by atoms with van der Waals surface area (Å²) in [5.41, 5.74) is 2.20. The molecule has 154 valence electrons. The Hall–Kier alpha value is -2.64. The molecule has 2 aromatic rings. The fraction of sp³-hybridized carbons (Fsp3) is 0.455. The van der Waals surface area contributed by atoms with Crippen LogP contribution in [0, 0.1) is 0 Å². The van der Waals surface area contributed by atoms with Gasteiger partial charge in [0.25, 0.3) is 5.91 Å². The number of carbonyl (C=O) groups excluding carboxylic acids is 1. The number of nitrogens with one attached hydrogen (secondary N) is 1. The van der Waals surface area contributed by atoms with E-state index in [1.54, 1.807) is 12.3 Å². The summed E-state index contributed by atoms with van der Waals surface area (Å²) >= 11 is 0. The van der Waals surface area contributed by atoms with Gasteiger partial charge in [-0.25, -0.2) is 4.98 Å². The molecule has 0 bridgehead atoms. The summed E-state index contributed by atoms with van der Waals surface area (Å²) in [5, 5.41) is 3.29. The second-order valence-corrected chi connectivity index (χ2v) is 7.65. The number of pyridine rings is 1. The molecule has 2 saturated heterocycles. The van der Waals surface area contributed by atoms with Crippen LogP contribution in [0.3, 0.4) is 0 Å². The van der Waals surface area contributed by atoms with Crippen molar-refractivity contribution < 1.29 is 19.0 Å². The van der Waals surface area contributed by atoms with Crippen molar-refractivity contribution in [1.82, 2.24) is 9.88 Å². The number of ether oxygens (including phenoxy) is 3. The summed E-state index contributed by atoms with van der Waals surface area (Å²) in [6.07, 6.45) is 3.23. The molecule has 0 saturated carbocycles. The summed E-state index contributed by atoms with van der Waals surface area (Å²) in [7, 11) is 0. The molecular weight excluding hydrogens is 370 g/mol. The van der Waals surface area contributed by atoms with Gasteiger partial charge in [0, 0.05) is 31.6 Å². The van der Waals surface area contributed by atoms with Gasteiger partial charge in [0.05, 0.1) is 31.2 Å². The number of hydrogen-bond donors (Lipinski definition) is 1. The monoisotopic (exact) mass is 397 g/mol. The van der Waals surface area contributed by atoms with Crippen molar-refractivity contribution in [3.63, 3.8) is 0 Å². The van der Waals surface area contributed by atoms with Gasteiger partial charge in [0.2, 0.25) is 0 Å². The zero-order valence-corrected chi connectivity index (χ0v) is 16.9. The minimum absolute atomic E-state index is 0.0559. The van der Waals surface area contributed by atoms with E-state index in [0.29, 0.717) is 44.8 Å². The Labute approximate surface area is 171 Å². The summed E-state index contributed by atoms with van der Waals surface area (Å²) in [4.78, 5) is 18.9. The molecular formula is C22H27N3O4. The highest BCUT2D eigenvalue weighted by Gasteiger charge is 2.41. The van der Waals surface area contributed by atoms with E-state index >= 15 is 0 Å². The predicted molar refractivity (Wildman–Crippen MR) is 109 cm³/mol. The maximum Gasteiger partial charge on any atom is 0.272 e. The first-order valence-corrected chi connectivity index (χ1v) is 10.1. The Kier molecular flexibility index (Phi) is 5.69. The van der Waals surface area contributed by atoms with Gasteiger partial charge in [0.1, 0.15) is 11.4 Å². The Morgan fingerprint density at radius 2 is 1.72 bits per heavy atom. The number of nitrogens with zero attached hydrogens (tertiary/aromatic N) is 2. The Balaban J connectivity index is 1.33. The predicted octanol–water partition coefficient (Wildman–Crippen LogP) is 3.59. The maximum absolute atomic E-state index is 12.7. The molecule has 4 rings (SSSR count). The number of amides is 1. The van der Waals surface area contributed by atoms with E-state index in [4.69, 9.17) is 14.2 Å². The molecule has 0 aliphatic carbocycles. The van der Waals surface area contributed by atoms with E-state index < -0.39 is 5.79 Å². The molecule has 1 aromatic carbocycles. The summed E-state index contributed by atoms with van der Waals surface area (Å²) in [5.74, 6) is 0.300. The van der Waals surface area contributed by atoms with E-state index in [-0.39, 0.29) is 12.0 Å². The zero-order chi connectivity index (χ0) is 20.3. The SMILES string of the molecule is CC(C)Oc1ccc(Nc2ccc(C(=O)N3CCC4(CC3)OCCO4)nc2)cc1. The van der Waals surface area contributed by atoms with Crippen molar-refractivity contribution in [3.8, 4) is 5.75 Å². The number of piperidine rings is 1. The van der Waals surface area contributed by atoms with Gasteiger partial charge in [0.15, 0.2) is 5.79 Å². The van der Waals surface area contributed by atoms with Gasteiger partial charge in [-0.1, -0.05) is 0 Å². The number of aromatic nitrogens is 1. The maximum atomic E-state index is 12.7. The van der Waals surface area contributed by atoms with E-state index in [0.717, 1.165) is 17.1 Å². The topological polar surface area (TPSA) is 72.9 Å². The second-order valence-electron chi connectivity index (χ2n) is 7.65. The van der Waals surface area contributed by atoms with Crippen LogP contribution in [-0.2, 0) is 9.47 Å². The lowest BCUT2D eigenvalue weighted by molar-refractivity contribution is -0.181. The number of rotatable bonds is 5. The van der Waals surface area contributed by atoms with Crippen LogP contribution >= 0.6 is 0 Å². The van der Waals surface area contributed by atoms with Gasteiger partial charge in [-0.2, -0.15) is 0 Å². The van der Waals surface area contributed by atoms with Crippen molar-refractivity contribution in [3.05, 3.63) is 48.3 Å². The lowest BCUT2D eigenvalue weighted by Crippen LogP contribution is -2.47. The fourth-order valence-electron chi connectivity index (χ4n) is 3.65. The Bertz CT molecular complexity index is 820. The van der Waals surface area contributed by atoms with Gasteiger partial charge in [-0.05, 0) is 50.2 Å². The molecule has 1 spiro atoms. The average molecular weight is 397 g/mol. The van der Waals surface area contributed by atoms with Crippen molar-refractivity contribution in [2.45, 2.75) is 38.6 Å². The quantitative estimate of drug-likeness (QED) is 0.831. The van der Waals surface area contributed by atoms with E-state index in [1.165, 1.54) is 0 Å². The number of likely N-dealkylation sites (tertiary alicyclic amines) is 1. The molecule has 2 aliphatic heterocycles. The highest BCUT2D eigenvalue weighted by atomic mass is 16.7. The Morgan fingerprint density at radius 1 is 1.07 bits per heavy atom. The van der Waals surface area contributed by atoms with Gasteiger partial charge < -0.3 is 24.4 Å². The molecule has 1 aromatic heterocycles. The highest BCUT2D eigenvalue weighted by molar-refractivity contribution is 5.92. The normalized spacial score (nSPS) is 18.2. The summed E-state index contributed by atoms with van der Waals surface area (Å²) in [6, 6.07) is 11.4. The fourth-order valence-corrected chi connectivity index (χ4v) is 3.65. The van der Waals surface area contributed by atoms with Crippen LogP contribution in [0.5, 0.6) is 5.75 Å². The molecule has 0 radical (unpaired) electrons. The van der Waals surface area contributed by atoms with E-state index in [2.05, 4.69) is 10.3 Å². The highest BCUT2D eigenvalue weighted by Crippen LogP contribution is 2.31. The third kappa shape index (κ3) is 4.68. The van der Waals surface area contributed by atoms with Crippen LogP contribution in [0.15, 0.2) is 42.6 Å². The largest absolute Gasteiger partial charge is 0.491 e. The van der Waals surface area contributed by atoms with Crippen LogP contribution in [0.25, 0.3) is 0 Å². The van der Waals surface area contributed by atoms with E-state index in [1.807, 2.05) is 49.1 Å². The molecule has 1 N–H and O–H groups in total. The zero-order valence-electron chi connectivity index (χ0n) is 16.9. The number of hydrogen-bond acceptors (Lipinski definition) is 6. The average Bonchev–Trinajstić information content (AvgIpc) is 3.18. The van der Waals surface area contributed by atoms with Crippen LogP contribution in [0.2, 0.25) is 0 Å². The Morgan fingerprint density at radius 3 is 2.31 bits per heavy atom. The third-order valence-corrected chi connectivity index (χ3v) is 5.12. The summed E-state index contributed by atoms with van der Waals surface area (Å²) < 4.78 is 17.1. The standard InChI is InChI=1S/C22H27N3O4/c1-16(2)29-19-6-3-17(4-7-19)24-18-5-8-20(23-15-18)21(26)25-11-9-22(10-12-25)27-13-14-28-22/h3-8,15-16,24H,9-14H2,1-2H3. The molecule has 7 heteroatoms. The molecule has 2 fully saturated rings. The van der Waals surface area contributed by atoms with Crippen LogP contribution in [0.1, 0.15) is 37.2 Å². The van der Waals surface area contributed by atoms with Crippen molar-refractivity contribution in [1.29, 1.82) is 0 Å². The van der Waals surface area contributed by atoms with Crippen LogP contribution < -0.4 is 10.1 Å². The number of anilines is 2. The van der Waals surface area contributed by atoms with Crippen molar-refractivity contribution in [2.75, 3.05) is 31.6 Å². The number of benzene rings is 1. The molecule has 29 heavy (non-hydrogen) atoms. The van der Waals surface area contributed by atoms with Crippen LogP contribution in [-0.4, -0.2) is 54.0 Å². The van der Waals surface area contributed by atoms with Crippen LogP contribution in [0.4, 0.5) is 11.4 Å². The lowest BCUT2D eigenvalue weighted by Gasteiger charge is -2.37. The minimum atomic E-state index is -0.478. The smallest absolute Gasteiger partial charge is 0.272 e. The van der Waals surface area contributed by atoms with Crippen molar-refractivity contribution >= 4 is 17.3 Å². The molecule has 3 heterocycles. The first kappa shape index (κ1) is 19.7. The first-order chi connectivity index (χ1) is 14.0. The molecule has 0 unspecified atom stereocenters. The number of carbonyl (C=O) groups is 1. The first-order valence-electron chi connectivity index (χ1n) is 10.1. The van der Waals surface area contributed by atoms with Gasteiger partial charge in [-0.15, -0.1) is 0 Å². The summed E-state index contributed by atoms with van der Waals surface area (Å²) in [6.45, 7) is 6.50. The molecule has 0 atom stereocenters. The minimum Gasteiger partial charge on any atom is -0.491 e. The second kappa shape index (κ2) is 8.39. The van der Waals surface area contributed by atoms with Gasteiger partial charge in [-0.3, -0.25) is 4.79 Å². The van der Waals surface area contributed by atoms with Crippen molar-refractivity contribution in [2.24, 2.45) is 0 Å². The molecule has 7 nitrogen and oxygen atoms in total. The van der Waals surface area contributed by atoms with Gasteiger partial charge >= 0.3 is 0 Å². The third-order valence-electron chi connectivity index (χ3n) is 5.12. The van der Waals surface area contributed by atoms with E-state index in [9.17, 15) is 4.79 Å². The molecule has 2 aliphatic rings. The molecule has 1 amide bonds. The lowest BCUT2D eigenvalue weighted by atomic mass is 10.0.